The molecular formula is C7H4N2O3. The van der Waals surface area contributed by atoms with Crippen LogP contribution in [0.2, 0.25) is 0 Å². The summed E-state index contributed by atoms with van der Waals surface area (Å²) in [6.07, 6.45) is 2.95. The average Bonchev–Trinajstić information content (AvgIpc) is 2.46. The number of hydrogen-bond acceptors (Lipinski definition) is 4. The molecule has 0 atom stereocenters. The van der Waals surface area contributed by atoms with Gasteiger partial charge in [0.25, 0.3) is 0 Å². The second kappa shape index (κ2) is 2.30. The summed E-state index contributed by atoms with van der Waals surface area (Å²) in [5.74, 6) is -1.48. The van der Waals surface area contributed by atoms with E-state index in [1.54, 1.807) is 6.07 Å². The third kappa shape index (κ3) is 0.914. The summed E-state index contributed by atoms with van der Waals surface area (Å²) >= 11 is 0. The first kappa shape index (κ1) is 6.78. The minimum atomic E-state index is -1.17. The Bertz CT molecular complexity index is 402. The standard InChI is InChI=1S/C7H4N2O3/c10-7(11)6-9-4-1-2-8-3-5(4)12-6/h1-3H,(H,10,11). The molecule has 0 spiro atoms. The summed E-state index contributed by atoms with van der Waals surface area (Å²) in [6, 6.07) is 1.59. The van der Waals surface area contributed by atoms with Crippen LogP contribution in [0.5, 0.6) is 0 Å². The van der Waals surface area contributed by atoms with Gasteiger partial charge in [0.2, 0.25) is 0 Å². The molecule has 0 aromatic carbocycles. The molecule has 0 aliphatic rings. The van der Waals surface area contributed by atoms with Gasteiger partial charge in [0, 0.05) is 6.20 Å². The van der Waals surface area contributed by atoms with Crippen molar-refractivity contribution in [1.29, 1.82) is 0 Å². The normalized spacial score (nSPS) is 10.3. The van der Waals surface area contributed by atoms with Crippen LogP contribution < -0.4 is 0 Å². The molecule has 0 fully saturated rings. The molecule has 12 heavy (non-hydrogen) atoms. The number of carboxylic acids is 1. The summed E-state index contributed by atoms with van der Waals surface area (Å²) in [7, 11) is 0. The van der Waals surface area contributed by atoms with Gasteiger partial charge < -0.3 is 9.52 Å². The lowest BCUT2D eigenvalue weighted by molar-refractivity contribution is 0.0656. The van der Waals surface area contributed by atoms with Crippen LogP contribution in [0.15, 0.2) is 22.9 Å². The van der Waals surface area contributed by atoms with E-state index < -0.39 is 5.97 Å². The minimum Gasteiger partial charge on any atom is -0.474 e. The van der Waals surface area contributed by atoms with Crippen molar-refractivity contribution in [2.75, 3.05) is 0 Å². The van der Waals surface area contributed by atoms with Gasteiger partial charge in [-0.2, -0.15) is 0 Å². The van der Waals surface area contributed by atoms with Crippen LogP contribution in [0.4, 0.5) is 0 Å². The smallest absolute Gasteiger partial charge is 0.392 e. The fourth-order valence-corrected chi connectivity index (χ4v) is 0.871. The molecule has 5 heteroatoms. The largest absolute Gasteiger partial charge is 0.474 e. The van der Waals surface area contributed by atoms with Crippen LogP contribution in [-0.2, 0) is 0 Å². The van der Waals surface area contributed by atoms with Crippen LogP contribution in [0.3, 0.4) is 0 Å². The monoisotopic (exact) mass is 164 g/mol. The third-order valence-corrected chi connectivity index (χ3v) is 1.37. The Morgan fingerprint density at radius 1 is 1.58 bits per heavy atom. The number of aromatic nitrogens is 2. The zero-order valence-corrected chi connectivity index (χ0v) is 5.89. The van der Waals surface area contributed by atoms with Crippen LogP contribution in [0.25, 0.3) is 11.1 Å². The van der Waals surface area contributed by atoms with E-state index in [1.807, 2.05) is 0 Å². The molecule has 0 bridgehead atoms. The Labute approximate surface area is 66.7 Å². The molecule has 0 amide bonds. The number of pyridine rings is 1. The van der Waals surface area contributed by atoms with Gasteiger partial charge >= 0.3 is 11.9 Å². The fourth-order valence-electron chi connectivity index (χ4n) is 0.871. The molecule has 0 aliphatic carbocycles. The highest BCUT2D eigenvalue weighted by Gasteiger charge is 2.11. The minimum absolute atomic E-state index is 0.307. The van der Waals surface area contributed by atoms with E-state index in [2.05, 4.69) is 9.97 Å². The van der Waals surface area contributed by atoms with Gasteiger partial charge in [-0.15, -0.1) is 0 Å². The molecule has 2 rings (SSSR count). The van der Waals surface area contributed by atoms with Crippen molar-refractivity contribution in [2.45, 2.75) is 0 Å². The summed E-state index contributed by atoms with van der Waals surface area (Å²) < 4.78 is 4.86. The lowest BCUT2D eigenvalue weighted by Crippen LogP contribution is -1.94. The number of carbonyl (C=O) groups is 1. The van der Waals surface area contributed by atoms with E-state index in [-0.39, 0.29) is 5.89 Å². The van der Waals surface area contributed by atoms with Crippen molar-refractivity contribution in [2.24, 2.45) is 0 Å². The molecule has 0 aliphatic heterocycles. The Kier molecular flexibility index (Phi) is 1.30. The van der Waals surface area contributed by atoms with Gasteiger partial charge in [-0.1, -0.05) is 0 Å². The summed E-state index contributed by atoms with van der Waals surface area (Å²) in [6.45, 7) is 0. The van der Waals surface area contributed by atoms with Gasteiger partial charge in [0.15, 0.2) is 5.58 Å². The number of rotatable bonds is 1. The maximum Gasteiger partial charge on any atom is 0.392 e. The predicted molar refractivity (Wildman–Crippen MR) is 38.8 cm³/mol. The highest BCUT2D eigenvalue weighted by molar-refractivity contribution is 5.86. The number of hydrogen-bond donors (Lipinski definition) is 1. The number of fused-ring (bicyclic) bond motifs is 1. The average molecular weight is 164 g/mol. The second-order valence-electron chi connectivity index (χ2n) is 2.17. The Balaban J connectivity index is 2.70. The van der Waals surface area contributed by atoms with Gasteiger partial charge in [0.1, 0.15) is 5.52 Å². The molecule has 2 aromatic rings. The van der Waals surface area contributed by atoms with Crippen molar-refractivity contribution in [3.8, 4) is 0 Å². The summed E-state index contributed by atoms with van der Waals surface area (Å²) in [5.41, 5.74) is 0.886. The first-order valence-electron chi connectivity index (χ1n) is 3.21. The van der Waals surface area contributed by atoms with Crippen molar-refractivity contribution < 1.29 is 14.3 Å². The molecule has 5 nitrogen and oxygen atoms in total. The zero-order chi connectivity index (χ0) is 8.55. The Morgan fingerprint density at radius 2 is 2.42 bits per heavy atom. The number of carboxylic acid groups (broad SMARTS) is 1. The van der Waals surface area contributed by atoms with E-state index in [0.717, 1.165) is 0 Å². The SMILES string of the molecule is O=C(O)c1nc2ccncc2o1. The highest BCUT2D eigenvalue weighted by Crippen LogP contribution is 2.12. The van der Waals surface area contributed by atoms with Crippen LogP contribution in [0, 0.1) is 0 Å². The molecule has 2 heterocycles. The third-order valence-electron chi connectivity index (χ3n) is 1.37. The first-order chi connectivity index (χ1) is 5.77. The van der Waals surface area contributed by atoms with Crippen molar-refractivity contribution >= 4 is 17.1 Å². The molecule has 60 valence electrons. The maximum atomic E-state index is 10.4. The zero-order valence-electron chi connectivity index (χ0n) is 5.89. The summed E-state index contributed by atoms with van der Waals surface area (Å²) in [5, 5.41) is 8.51. The lowest BCUT2D eigenvalue weighted by Gasteiger charge is -1.80. The first-order valence-corrected chi connectivity index (χ1v) is 3.21. The molecule has 1 N–H and O–H groups in total. The second-order valence-corrected chi connectivity index (χ2v) is 2.17. The fraction of sp³-hybridized carbons (Fsp3) is 0. The lowest BCUT2D eigenvalue weighted by atomic mass is 10.4. The van der Waals surface area contributed by atoms with E-state index >= 15 is 0 Å². The molecular weight excluding hydrogens is 160 g/mol. The molecule has 0 saturated carbocycles. The van der Waals surface area contributed by atoms with Gasteiger partial charge in [-0.3, -0.25) is 4.98 Å². The molecule has 0 unspecified atom stereocenters. The van der Waals surface area contributed by atoms with Gasteiger partial charge in [0.05, 0.1) is 6.20 Å². The highest BCUT2D eigenvalue weighted by atomic mass is 16.4. The van der Waals surface area contributed by atoms with Crippen LogP contribution in [0.1, 0.15) is 10.7 Å². The molecule has 2 aromatic heterocycles. The molecule has 0 radical (unpaired) electrons. The van der Waals surface area contributed by atoms with E-state index in [0.29, 0.717) is 11.1 Å². The van der Waals surface area contributed by atoms with Gasteiger partial charge in [-0.25, -0.2) is 9.78 Å². The van der Waals surface area contributed by atoms with E-state index in [9.17, 15) is 4.79 Å². The summed E-state index contributed by atoms with van der Waals surface area (Å²) in [4.78, 5) is 17.9. The Morgan fingerprint density at radius 3 is 3.08 bits per heavy atom. The topological polar surface area (TPSA) is 76.2 Å². The van der Waals surface area contributed by atoms with Crippen molar-refractivity contribution in [1.82, 2.24) is 9.97 Å². The van der Waals surface area contributed by atoms with Crippen LogP contribution in [-0.4, -0.2) is 21.0 Å². The Hall–Kier alpha value is -1.91. The number of oxazole rings is 1. The maximum absolute atomic E-state index is 10.4. The quantitative estimate of drug-likeness (QED) is 0.678. The van der Waals surface area contributed by atoms with Crippen molar-refractivity contribution in [3.63, 3.8) is 0 Å². The number of nitrogens with zero attached hydrogens (tertiary/aromatic N) is 2. The van der Waals surface area contributed by atoms with Gasteiger partial charge in [-0.05, 0) is 6.07 Å². The number of aromatic carboxylic acids is 1. The van der Waals surface area contributed by atoms with Crippen LogP contribution >= 0.6 is 0 Å². The van der Waals surface area contributed by atoms with Crippen molar-refractivity contribution in [3.05, 3.63) is 24.4 Å². The van der Waals surface area contributed by atoms with E-state index in [1.165, 1.54) is 12.4 Å². The predicted octanol–water partition coefficient (Wildman–Crippen LogP) is 0.921. The van der Waals surface area contributed by atoms with E-state index in [4.69, 9.17) is 9.52 Å². The molecule has 0 saturated heterocycles.